The van der Waals surface area contributed by atoms with Crippen molar-refractivity contribution in [3.63, 3.8) is 0 Å². The lowest BCUT2D eigenvalue weighted by Crippen LogP contribution is -2.52. The number of thioether (sulfide) groups is 1. The van der Waals surface area contributed by atoms with Gasteiger partial charge in [0.15, 0.2) is 0 Å². The van der Waals surface area contributed by atoms with E-state index < -0.39 is 11.9 Å². The van der Waals surface area contributed by atoms with Gasteiger partial charge < -0.3 is 10.2 Å². The Bertz CT molecular complexity index is 1210. The van der Waals surface area contributed by atoms with Gasteiger partial charge in [-0.05, 0) is 60.6 Å². The highest BCUT2D eigenvalue weighted by Gasteiger charge is 2.39. The maximum absolute atomic E-state index is 15.0. The third kappa shape index (κ3) is 5.80. The van der Waals surface area contributed by atoms with Crippen LogP contribution in [0.5, 0.6) is 0 Å². The van der Waals surface area contributed by atoms with Crippen LogP contribution in [-0.2, 0) is 28.4 Å². The molecule has 8 heteroatoms. The molecular formula is C29H34FN3O3S. The molecule has 3 amide bonds. The molecule has 2 aromatic rings. The van der Waals surface area contributed by atoms with E-state index in [0.717, 1.165) is 35.3 Å². The molecule has 1 saturated heterocycles. The molecule has 0 radical (unpaired) electrons. The normalized spacial score (nSPS) is 17.6. The second-order valence-corrected chi connectivity index (χ2v) is 10.7. The van der Waals surface area contributed by atoms with Crippen LogP contribution in [0, 0.1) is 5.82 Å². The van der Waals surface area contributed by atoms with E-state index >= 15 is 4.39 Å². The van der Waals surface area contributed by atoms with Crippen LogP contribution >= 0.6 is 11.8 Å². The van der Waals surface area contributed by atoms with Crippen molar-refractivity contribution >= 4 is 29.5 Å². The van der Waals surface area contributed by atoms with Crippen LogP contribution in [0.15, 0.2) is 53.9 Å². The number of hydrogen-bond donors (Lipinski definition) is 2. The molecule has 0 aromatic heterocycles. The van der Waals surface area contributed by atoms with E-state index in [4.69, 9.17) is 0 Å². The highest BCUT2D eigenvalue weighted by atomic mass is 32.2. The Labute approximate surface area is 222 Å². The molecule has 4 rings (SSSR count). The highest BCUT2D eigenvalue weighted by Crippen LogP contribution is 2.36. The molecule has 0 spiro atoms. The van der Waals surface area contributed by atoms with Crippen LogP contribution < -0.4 is 10.6 Å². The quantitative estimate of drug-likeness (QED) is 0.243. The smallest absolute Gasteiger partial charge is 0.255 e. The zero-order valence-electron chi connectivity index (χ0n) is 21.4. The van der Waals surface area contributed by atoms with Crippen molar-refractivity contribution in [3.05, 3.63) is 77.1 Å². The standard InChI is InChI=1S/C29H34FN3O3S/c1-4-14-29(5-2,6-3)31-16-19-10-11-20(23(30)15-19)18-37-25-9-7-8-21-22(25)17-33(28(21)36)24-12-13-26(34)32-27(24)35/h4,7-11,15,24,31H,1,5-6,12-14,16-18H2,2-3H3,(H,32,34,35). The van der Waals surface area contributed by atoms with Gasteiger partial charge in [-0.3, -0.25) is 19.7 Å². The number of imide groups is 1. The highest BCUT2D eigenvalue weighted by molar-refractivity contribution is 7.98. The molecule has 196 valence electrons. The van der Waals surface area contributed by atoms with E-state index in [9.17, 15) is 14.4 Å². The number of hydrogen-bond acceptors (Lipinski definition) is 5. The first-order valence-electron chi connectivity index (χ1n) is 12.8. The van der Waals surface area contributed by atoms with Crippen molar-refractivity contribution in [2.75, 3.05) is 0 Å². The topological polar surface area (TPSA) is 78.5 Å². The van der Waals surface area contributed by atoms with E-state index in [1.807, 2.05) is 30.3 Å². The van der Waals surface area contributed by atoms with Crippen LogP contribution in [0.25, 0.3) is 0 Å². The summed E-state index contributed by atoms with van der Waals surface area (Å²) in [5.41, 5.74) is 2.88. The Morgan fingerprint density at radius 2 is 2.00 bits per heavy atom. The summed E-state index contributed by atoms with van der Waals surface area (Å²) < 4.78 is 15.0. The fourth-order valence-corrected chi connectivity index (χ4v) is 6.16. The zero-order valence-corrected chi connectivity index (χ0v) is 22.3. The second-order valence-electron chi connectivity index (χ2n) is 9.73. The summed E-state index contributed by atoms with van der Waals surface area (Å²) in [5, 5.41) is 5.92. The van der Waals surface area contributed by atoms with Gasteiger partial charge in [0.05, 0.1) is 0 Å². The fraction of sp³-hybridized carbons (Fsp3) is 0.414. The lowest BCUT2D eigenvalue weighted by molar-refractivity contribution is -0.136. The van der Waals surface area contributed by atoms with Crippen molar-refractivity contribution in [1.29, 1.82) is 0 Å². The zero-order chi connectivity index (χ0) is 26.6. The minimum Gasteiger partial charge on any atom is -0.322 e. The fourth-order valence-electron chi connectivity index (χ4n) is 5.09. The van der Waals surface area contributed by atoms with Gasteiger partial charge in [-0.25, -0.2) is 4.39 Å². The Morgan fingerprint density at radius 1 is 1.22 bits per heavy atom. The van der Waals surface area contributed by atoms with Gasteiger partial charge >= 0.3 is 0 Å². The van der Waals surface area contributed by atoms with E-state index in [2.05, 4.69) is 31.1 Å². The molecule has 2 aliphatic rings. The van der Waals surface area contributed by atoms with Gasteiger partial charge in [-0.15, -0.1) is 18.3 Å². The molecule has 0 bridgehead atoms. The molecule has 1 fully saturated rings. The van der Waals surface area contributed by atoms with E-state index in [1.165, 1.54) is 16.7 Å². The van der Waals surface area contributed by atoms with Crippen LogP contribution in [-0.4, -0.2) is 34.2 Å². The number of piperidine rings is 1. The lowest BCUT2D eigenvalue weighted by atomic mass is 9.88. The van der Waals surface area contributed by atoms with Crippen LogP contribution in [0.1, 0.15) is 73.0 Å². The molecular weight excluding hydrogens is 489 g/mol. The van der Waals surface area contributed by atoms with Gasteiger partial charge in [0.25, 0.3) is 5.91 Å². The first-order valence-corrected chi connectivity index (χ1v) is 13.8. The summed E-state index contributed by atoms with van der Waals surface area (Å²) in [6.07, 6.45) is 5.27. The van der Waals surface area contributed by atoms with Crippen LogP contribution in [0.2, 0.25) is 0 Å². The summed E-state index contributed by atoms with van der Waals surface area (Å²) in [4.78, 5) is 39.3. The van der Waals surface area contributed by atoms with E-state index in [0.29, 0.717) is 36.4 Å². The predicted molar refractivity (Wildman–Crippen MR) is 143 cm³/mol. The van der Waals surface area contributed by atoms with Gasteiger partial charge in [0, 0.05) is 41.3 Å². The van der Waals surface area contributed by atoms with Crippen molar-refractivity contribution in [2.45, 2.75) is 81.3 Å². The molecule has 2 heterocycles. The lowest BCUT2D eigenvalue weighted by Gasteiger charge is -2.32. The van der Waals surface area contributed by atoms with Crippen molar-refractivity contribution in [2.24, 2.45) is 0 Å². The Morgan fingerprint density at radius 3 is 2.68 bits per heavy atom. The number of amides is 3. The number of carbonyl (C=O) groups is 3. The number of rotatable bonds is 11. The summed E-state index contributed by atoms with van der Waals surface area (Å²) in [6, 6.07) is 10.2. The number of benzene rings is 2. The van der Waals surface area contributed by atoms with Gasteiger partial charge in [0.2, 0.25) is 11.8 Å². The molecule has 0 aliphatic carbocycles. The van der Waals surface area contributed by atoms with Crippen LogP contribution in [0.3, 0.4) is 0 Å². The molecule has 2 N–H and O–H groups in total. The van der Waals surface area contributed by atoms with Crippen molar-refractivity contribution in [3.8, 4) is 0 Å². The first-order chi connectivity index (χ1) is 17.8. The Balaban J connectivity index is 1.42. The van der Waals surface area contributed by atoms with Gasteiger partial charge in [-0.1, -0.05) is 38.1 Å². The monoisotopic (exact) mass is 523 g/mol. The number of halogens is 1. The third-order valence-corrected chi connectivity index (χ3v) is 8.74. The summed E-state index contributed by atoms with van der Waals surface area (Å²) in [7, 11) is 0. The predicted octanol–water partition coefficient (Wildman–Crippen LogP) is 5.10. The molecule has 6 nitrogen and oxygen atoms in total. The van der Waals surface area contributed by atoms with Gasteiger partial charge in [0.1, 0.15) is 11.9 Å². The number of nitrogens with one attached hydrogen (secondary N) is 2. The number of nitrogens with zero attached hydrogens (tertiary/aromatic N) is 1. The number of carbonyl (C=O) groups excluding carboxylic acids is 3. The third-order valence-electron chi connectivity index (χ3n) is 7.60. The van der Waals surface area contributed by atoms with Crippen molar-refractivity contribution < 1.29 is 18.8 Å². The Kier molecular flexibility index (Phi) is 8.49. The molecule has 2 aromatic carbocycles. The second kappa shape index (κ2) is 11.6. The minimum atomic E-state index is -0.653. The molecule has 0 saturated carbocycles. The molecule has 1 atom stereocenters. The number of fused-ring (bicyclic) bond motifs is 1. The van der Waals surface area contributed by atoms with E-state index in [1.54, 1.807) is 12.1 Å². The van der Waals surface area contributed by atoms with Gasteiger partial charge in [-0.2, -0.15) is 0 Å². The van der Waals surface area contributed by atoms with Crippen LogP contribution in [0.4, 0.5) is 4.39 Å². The first kappa shape index (κ1) is 27.1. The maximum Gasteiger partial charge on any atom is 0.255 e. The average Bonchev–Trinajstić information content (AvgIpc) is 3.23. The summed E-state index contributed by atoms with van der Waals surface area (Å²) >= 11 is 1.48. The SMILES string of the molecule is C=CCC(CC)(CC)NCc1ccc(CSc2cccc3c2CN(C2CCC(=O)NC2=O)C3=O)c(F)c1. The summed E-state index contributed by atoms with van der Waals surface area (Å²) in [6.45, 7) is 9.07. The maximum atomic E-state index is 15.0. The minimum absolute atomic E-state index is 0.0282. The largest absolute Gasteiger partial charge is 0.322 e. The van der Waals surface area contributed by atoms with Crippen molar-refractivity contribution in [1.82, 2.24) is 15.5 Å². The molecule has 1 unspecified atom stereocenters. The average molecular weight is 524 g/mol. The summed E-state index contributed by atoms with van der Waals surface area (Å²) in [5.74, 6) is -0.766. The molecule has 2 aliphatic heterocycles. The van der Waals surface area contributed by atoms with E-state index in [-0.39, 0.29) is 29.6 Å². The molecule has 37 heavy (non-hydrogen) atoms. The Hall–Kier alpha value is -2.97.